The maximum Gasteiger partial charge on any atom is 0.328 e. The zero-order valence-electron chi connectivity index (χ0n) is 25.7. The van der Waals surface area contributed by atoms with Crippen molar-refractivity contribution in [2.24, 2.45) is 0 Å². The number of H-pyrrole nitrogens is 1. The van der Waals surface area contributed by atoms with Crippen LogP contribution in [0.1, 0.15) is 61.6 Å². The van der Waals surface area contributed by atoms with E-state index in [4.69, 9.17) is 4.74 Å². The Kier molecular flexibility index (Phi) is 10.4. The third-order valence-electron chi connectivity index (χ3n) is 7.60. The van der Waals surface area contributed by atoms with Crippen molar-refractivity contribution in [1.82, 2.24) is 15.6 Å². The number of aromatic nitrogens is 1. The average Bonchev–Trinajstić information content (AvgIpc) is 3.51. The molecule has 0 radical (unpaired) electrons. The minimum atomic E-state index is -1.18. The molecule has 1 aliphatic heterocycles. The monoisotopic (exact) mass is 630 g/mol. The molecular weight excluding hydrogens is 596 g/mol. The minimum absolute atomic E-state index is 0.0396. The summed E-state index contributed by atoms with van der Waals surface area (Å²) < 4.78 is 9.36. The van der Waals surface area contributed by atoms with Gasteiger partial charge in [0.2, 0.25) is 0 Å². The van der Waals surface area contributed by atoms with E-state index < -0.39 is 47.7 Å². The number of fused-ring (bicyclic) bond motifs is 1. The number of aromatic amines is 1. The second kappa shape index (κ2) is 14.4. The van der Waals surface area contributed by atoms with E-state index in [0.717, 1.165) is 12.7 Å². The van der Waals surface area contributed by atoms with Crippen LogP contribution in [-0.2, 0) is 35.1 Å². The topological polar surface area (TPSA) is 193 Å². The highest BCUT2D eigenvalue weighted by Gasteiger charge is 2.29. The Bertz CT molecular complexity index is 1730. The van der Waals surface area contributed by atoms with Gasteiger partial charge in [-0.25, -0.2) is 9.59 Å². The number of esters is 2. The maximum absolute atomic E-state index is 13.3. The summed E-state index contributed by atoms with van der Waals surface area (Å²) in [6, 6.07) is 11.2. The summed E-state index contributed by atoms with van der Waals surface area (Å²) in [4.78, 5) is 78.2. The Morgan fingerprint density at radius 3 is 2.28 bits per heavy atom. The van der Waals surface area contributed by atoms with Gasteiger partial charge in [-0.05, 0) is 55.7 Å². The molecule has 0 fully saturated rings. The van der Waals surface area contributed by atoms with E-state index in [0.29, 0.717) is 28.2 Å². The summed E-state index contributed by atoms with van der Waals surface area (Å²) in [6.07, 6.45) is 1.49. The Morgan fingerprint density at radius 1 is 0.935 bits per heavy atom. The molecule has 0 unspecified atom stereocenters. The Morgan fingerprint density at radius 2 is 1.63 bits per heavy atom. The van der Waals surface area contributed by atoms with Gasteiger partial charge in [0, 0.05) is 41.0 Å². The van der Waals surface area contributed by atoms with Crippen LogP contribution in [0.3, 0.4) is 0 Å². The van der Waals surface area contributed by atoms with Gasteiger partial charge in [0.15, 0.2) is 0 Å². The number of nitrogens with one attached hydrogen (secondary N) is 4. The number of rotatable bonds is 12. The van der Waals surface area contributed by atoms with Crippen LogP contribution >= 0.6 is 0 Å². The van der Waals surface area contributed by atoms with Crippen molar-refractivity contribution in [3.63, 3.8) is 0 Å². The third-order valence-corrected chi connectivity index (χ3v) is 7.60. The van der Waals surface area contributed by atoms with Gasteiger partial charge in [0.1, 0.15) is 12.1 Å². The van der Waals surface area contributed by atoms with Gasteiger partial charge in [-0.3, -0.25) is 19.2 Å². The summed E-state index contributed by atoms with van der Waals surface area (Å²) in [5.74, 6) is -4.11. The molecule has 2 heterocycles. The number of carboxylic acid groups (broad SMARTS) is 1. The lowest BCUT2D eigenvalue weighted by atomic mass is 10.0. The molecule has 0 saturated heterocycles. The normalized spacial score (nSPS) is 14.1. The summed E-state index contributed by atoms with van der Waals surface area (Å²) >= 11 is 0. The minimum Gasteiger partial charge on any atom is -0.480 e. The number of anilines is 1. The van der Waals surface area contributed by atoms with Crippen LogP contribution in [0.15, 0.2) is 48.5 Å². The number of ether oxygens (including phenoxy) is 2. The van der Waals surface area contributed by atoms with E-state index in [-0.39, 0.29) is 36.0 Å². The fourth-order valence-corrected chi connectivity index (χ4v) is 5.15. The van der Waals surface area contributed by atoms with Crippen LogP contribution in [0.4, 0.5) is 5.69 Å². The van der Waals surface area contributed by atoms with E-state index in [9.17, 15) is 33.9 Å². The van der Waals surface area contributed by atoms with E-state index >= 15 is 0 Å². The highest BCUT2D eigenvalue weighted by molar-refractivity contribution is 6.35. The first-order chi connectivity index (χ1) is 21.9. The Labute approximate surface area is 264 Å². The lowest BCUT2D eigenvalue weighted by Crippen LogP contribution is -2.42. The van der Waals surface area contributed by atoms with Crippen molar-refractivity contribution in [1.29, 1.82) is 0 Å². The molecule has 5 N–H and O–H groups in total. The third kappa shape index (κ3) is 7.49. The zero-order valence-corrected chi connectivity index (χ0v) is 25.7. The number of amides is 3. The summed E-state index contributed by atoms with van der Waals surface area (Å²) in [5, 5.41) is 17.7. The second-order valence-electron chi connectivity index (χ2n) is 10.7. The van der Waals surface area contributed by atoms with Gasteiger partial charge in [-0.2, -0.15) is 0 Å². The van der Waals surface area contributed by atoms with Crippen LogP contribution < -0.4 is 16.0 Å². The lowest BCUT2D eigenvalue weighted by molar-refractivity contribution is -0.144. The van der Waals surface area contributed by atoms with Crippen molar-refractivity contribution >= 4 is 53.0 Å². The molecule has 13 nitrogen and oxygen atoms in total. The zero-order chi connectivity index (χ0) is 33.5. The summed E-state index contributed by atoms with van der Waals surface area (Å²) in [5.41, 5.74) is 3.63. The molecule has 240 valence electrons. The Hall–Kier alpha value is -5.72. The van der Waals surface area contributed by atoms with E-state index in [1.54, 1.807) is 50.3 Å². The molecule has 0 aliphatic carbocycles. The fourth-order valence-electron chi connectivity index (χ4n) is 5.15. The van der Waals surface area contributed by atoms with Crippen molar-refractivity contribution in [2.45, 2.75) is 45.2 Å². The van der Waals surface area contributed by atoms with Crippen molar-refractivity contribution < 1.29 is 43.3 Å². The number of benzene rings is 2. The average molecular weight is 631 g/mol. The van der Waals surface area contributed by atoms with Gasteiger partial charge >= 0.3 is 17.9 Å². The van der Waals surface area contributed by atoms with Crippen LogP contribution in [0.25, 0.3) is 11.6 Å². The molecule has 4 rings (SSSR count). The fraction of sp³-hybridized carbons (Fsp3) is 0.273. The molecule has 0 bridgehead atoms. The number of methoxy groups -OCH3 is 2. The molecule has 0 saturated carbocycles. The quantitative estimate of drug-likeness (QED) is 0.148. The first kappa shape index (κ1) is 33.2. The smallest absolute Gasteiger partial charge is 0.328 e. The molecular formula is C33H34N4O9. The SMILES string of the molecule is COC(=O)CC[C@@H](NC(=O)c1ccc2c(c1)/C(=C/c1[nH]c(C)c(C(=O)N[C@H](Cc3ccccc3)C(=O)O)c1C)C(=O)N2)C(=O)OC. The van der Waals surface area contributed by atoms with Gasteiger partial charge < -0.3 is 35.5 Å². The van der Waals surface area contributed by atoms with E-state index in [2.05, 4.69) is 25.7 Å². The van der Waals surface area contributed by atoms with Gasteiger partial charge in [0.05, 0.1) is 25.4 Å². The number of carbonyl (C=O) groups is 6. The predicted octanol–water partition coefficient (Wildman–Crippen LogP) is 2.77. The highest BCUT2D eigenvalue weighted by atomic mass is 16.5. The van der Waals surface area contributed by atoms with Crippen molar-refractivity contribution in [3.05, 3.63) is 87.7 Å². The summed E-state index contributed by atoms with van der Waals surface area (Å²) in [7, 11) is 2.38. The lowest BCUT2D eigenvalue weighted by Gasteiger charge is -2.16. The molecule has 2 aromatic carbocycles. The maximum atomic E-state index is 13.3. The van der Waals surface area contributed by atoms with E-state index in [1.165, 1.54) is 19.2 Å². The molecule has 13 heteroatoms. The molecule has 2 atom stereocenters. The number of hydrogen-bond acceptors (Lipinski definition) is 8. The standard InChI is InChI=1S/C33H34N4O9/c1-17-25(34-18(2)28(17)31(41)37-26(32(42)43)14-19-8-6-5-7-9-19)16-22-21-15-20(10-11-23(21)35-30(22)40)29(39)36-24(33(44)46-4)12-13-27(38)45-3/h5-11,15-16,24,26,34H,12-14H2,1-4H3,(H,35,40)(H,36,39)(H,37,41)(H,42,43)/b22-16-/t24-,26-/m1/s1. The van der Waals surface area contributed by atoms with Crippen molar-refractivity contribution in [2.75, 3.05) is 19.5 Å². The number of carbonyl (C=O) groups excluding carboxylic acids is 5. The first-order valence-electron chi connectivity index (χ1n) is 14.3. The molecule has 3 aromatic rings. The van der Waals surface area contributed by atoms with E-state index in [1.807, 2.05) is 6.07 Å². The second-order valence-corrected chi connectivity index (χ2v) is 10.7. The van der Waals surface area contributed by atoms with Crippen LogP contribution in [0, 0.1) is 13.8 Å². The number of hydrogen-bond donors (Lipinski definition) is 5. The molecule has 1 aliphatic rings. The predicted molar refractivity (Wildman–Crippen MR) is 167 cm³/mol. The molecule has 3 amide bonds. The van der Waals surface area contributed by atoms with Crippen molar-refractivity contribution in [3.8, 4) is 0 Å². The number of aryl methyl sites for hydroxylation is 1. The van der Waals surface area contributed by atoms with Crippen LogP contribution in [-0.4, -0.2) is 72.0 Å². The first-order valence-corrected chi connectivity index (χ1v) is 14.3. The molecule has 46 heavy (non-hydrogen) atoms. The van der Waals surface area contributed by atoms with Gasteiger partial charge in [0.25, 0.3) is 17.7 Å². The van der Waals surface area contributed by atoms with Gasteiger partial charge in [-0.1, -0.05) is 30.3 Å². The number of carboxylic acids is 1. The molecule has 1 aromatic heterocycles. The van der Waals surface area contributed by atoms with Gasteiger partial charge in [-0.15, -0.1) is 0 Å². The largest absolute Gasteiger partial charge is 0.480 e. The summed E-state index contributed by atoms with van der Waals surface area (Å²) in [6.45, 7) is 3.34. The van der Waals surface area contributed by atoms with Crippen LogP contribution in [0.2, 0.25) is 0 Å². The Balaban J connectivity index is 1.58. The highest BCUT2D eigenvalue weighted by Crippen LogP contribution is 2.35. The van der Waals surface area contributed by atoms with Crippen LogP contribution in [0.5, 0.6) is 0 Å². The molecule has 0 spiro atoms. The number of aliphatic carboxylic acids is 1.